The van der Waals surface area contributed by atoms with Gasteiger partial charge in [-0.1, -0.05) is 0 Å². The number of aromatic nitrogens is 2. The van der Waals surface area contributed by atoms with Crippen molar-refractivity contribution in [2.75, 3.05) is 0 Å². The topological polar surface area (TPSA) is 20.7 Å². The van der Waals surface area contributed by atoms with Gasteiger partial charge < -0.3 is 9.55 Å². The quantitative estimate of drug-likeness (QED) is 0.784. The third-order valence-electron chi connectivity index (χ3n) is 4.24. The Morgan fingerprint density at radius 3 is 3.00 bits per heavy atom. The molecule has 1 saturated carbocycles. The van der Waals surface area contributed by atoms with Crippen LogP contribution in [0.3, 0.4) is 0 Å². The van der Waals surface area contributed by atoms with Crippen molar-refractivity contribution >= 4 is 12.2 Å². The summed E-state index contributed by atoms with van der Waals surface area (Å²) < 4.78 is 29.9. The number of hydrogen-bond acceptors (Lipinski definition) is 1. The molecule has 2 aliphatic rings. The molecule has 5 heteroatoms. The predicted octanol–water partition coefficient (Wildman–Crippen LogP) is 3.26. The summed E-state index contributed by atoms with van der Waals surface area (Å²) >= 11 is 5.18. The minimum atomic E-state index is -0.381. The minimum absolute atomic E-state index is 0.266. The zero-order valence-electron chi connectivity index (χ0n) is 9.41. The lowest BCUT2D eigenvalue weighted by molar-refractivity contribution is 0.520. The molecule has 4 rings (SSSR count). The highest BCUT2D eigenvalue weighted by atomic mass is 32.1. The molecule has 0 bridgehead atoms. The summed E-state index contributed by atoms with van der Waals surface area (Å²) in [5.74, 6) is -0.436. The van der Waals surface area contributed by atoms with Gasteiger partial charge in [-0.25, -0.2) is 8.78 Å². The van der Waals surface area contributed by atoms with Gasteiger partial charge in [-0.15, -0.1) is 0 Å². The largest absolute Gasteiger partial charge is 0.337 e. The molecule has 1 unspecified atom stereocenters. The zero-order valence-corrected chi connectivity index (χ0v) is 10.2. The van der Waals surface area contributed by atoms with E-state index >= 15 is 0 Å². The van der Waals surface area contributed by atoms with Crippen LogP contribution >= 0.6 is 12.2 Å². The fraction of sp³-hybridized carbons (Fsp3) is 0.308. The van der Waals surface area contributed by atoms with Crippen molar-refractivity contribution in [2.45, 2.75) is 24.3 Å². The van der Waals surface area contributed by atoms with Gasteiger partial charge in [0.25, 0.3) is 0 Å². The van der Waals surface area contributed by atoms with Crippen LogP contribution in [-0.4, -0.2) is 9.55 Å². The smallest absolute Gasteiger partial charge is 0.177 e. The normalized spacial score (nSPS) is 28.0. The van der Waals surface area contributed by atoms with E-state index in [1.807, 2.05) is 10.8 Å². The van der Waals surface area contributed by atoms with Gasteiger partial charge in [-0.05, 0) is 42.4 Å². The summed E-state index contributed by atoms with van der Waals surface area (Å²) in [6.45, 7) is 0.649. The summed E-state index contributed by atoms with van der Waals surface area (Å²) in [4.78, 5) is 3.00. The standard InChI is InChI=1S/C13H10F2N2S/c14-7-1-2-10(15)8(3-7)13-4-9(13)11-5-16-12(18)17(11)6-13/h1-3,5,9H,4,6H2,(H,16,18)/t9?,13-/m1/s1. The first-order valence-corrected chi connectivity index (χ1v) is 6.26. The minimum Gasteiger partial charge on any atom is -0.337 e. The highest BCUT2D eigenvalue weighted by molar-refractivity contribution is 7.71. The van der Waals surface area contributed by atoms with Crippen LogP contribution in [0.2, 0.25) is 0 Å². The van der Waals surface area contributed by atoms with Gasteiger partial charge in [0.1, 0.15) is 11.6 Å². The van der Waals surface area contributed by atoms with Gasteiger partial charge in [0.05, 0.1) is 0 Å². The van der Waals surface area contributed by atoms with E-state index in [1.54, 1.807) is 0 Å². The first-order chi connectivity index (χ1) is 8.62. The first kappa shape index (κ1) is 10.4. The average molecular weight is 264 g/mol. The van der Waals surface area contributed by atoms with Crippen molar-refractivity contribution in [1.82, 2.24) is 9.55 Å². The van der Waals surface area contributed by atoms with Crippen molar-refractivity contribution in [3.05, 3.63) is 52.1 Å². The Hall–Kier alpha value is -1.49. The third-order valence-corrected chi connectivity index (χ3v) is 4.58. The number of fused-ring (bicyclic) bond motifs is 3. The number of nitrogens with one attached hydrogen (secondary N) is 1. The van der Waals surface area contributed by atoms with Crippen LogP contribution in [0, 0.1) is 16.4 Å². The van der Waals surface area contributed by atoms with Gasteiger partial charge in [0.15, 0.2) is 4.77 Å². The number of nitrogens with zero attached hydrogens (tertiary/aromatic N) is 1. The van der Waals surface area contributed by atoms with Gasteiger partial charge in [0, 0.05) is 29.8 Å². The zero-order chi connectivity index (χ0) is 12.5. The van der Waals surface area contributed by atoms with Crippen molar-refractivity contribution in [3.8, 4) is 0 Å². The molecule has 0 amide bonds. The molecular weight excluding hydrogens is 254 g/mol. The molecular formula is C13H10F2N2S. The Labute approximate surface area is 107 Å². The van der Waals surface area contributed by atoms with Crippen LogP contribution in [-0.2, 0) is 12.0 Å². The second-order valence-electron chi connectivity index (χ2n) is 5.14. The van der Waals surface area contributed by atoms with E-state index < -0.39 is 0 Å². The van der Waals surface area contributed by atoms with Gasteiger partial charge in [-0.2, -0.15) is 0 Å². The van der Waals surface area contributed by atoms with Crippen LogP contribution in [0.5, 0.6) is 0 Å². The fourth-order valence-corrected chi connectivity index (χ4v) is 3.50. The number of halogens is 2. The Kier molecular flexibility index (Phi) is 1.79. The Balaban J connectivity index is 1.86. The number of H-pyrrole nitrogens is 1. The van der Waals surface area contributed by atoms with Gasteiger partial charge in [0.2, 0.25) is 0 Å². The molecule has 1 fully saturated rings. The molecule has 92 valence electrons. The number of rotatable bonds is 1. The second-order valence-corrected chi connectivity index (χ2v) is 5.53. The van der Waals surface area contributed by atoms with Crippen molar-refractivity contribution in [3.63, 3.8) is 0 Å². The SMILES string of the molecule is Fc1ccc(F)c([C@]23CC2c2c[nH]c(=S)n2C3)c1. The maximum Gasteiger partial charge on any atom is 0.177 e. The highest BCUT2D eigenvalue weighted by Crippen LogP contribution is 2.65. The number of hydrogen-bond donors (Lipinski definition) is 1. The molecule has 2 heterocycles. The molecule has 2 aromatic rings. The molecule has 1 aliphatic heterocycles. The van der Waals surface area contributed by atoms with Crippen LogP contribution in [0.4, 0.5) is 8.78 Å². The van der Waals surface area contributed by atoms with Crippen molar-refractivity contribution in [1.29, 1.82) is 0 Å². The molecule has 2 nitrogen and oxygen atoms in total. The molecule has 18 heavy (non-hydrogen) atoms. The molecule has 1 aliphatic carbocycles. The third kappa shape index (κ3) is 1.13. The summed E-state index contributed by atoms with van der Waals surface area (Å²) in [5.41, 5.74) is 1.33. The van der Waals surface area contributed by atoms with Gasteiger partial charge >= 0.3 is 0 Å². The molecule has 0 saturated heterocycles. The Bertz CT molecular complexity index is 718. The van der Waals surface area contributed by atoms with Crippen molar-refractivity contribution < 1.29 is 8.78 Å². The maximum atomic E-state index is 13.9. The van der Waals surface area contributed by atoms with E-state index in [0.29, 0.717) is 16.9 Å². The van der Waals surface area contributed by atoms with Crippen LogP contribution in [0.1, 0.15) is 23.6 Å². The summed E-state index contributed by atoms with van der Waals surface area (Å²) in [6.07, 6.45) is 2.76. The van der Waals surface area contributed by atoms with Crippen LogP contribution in [0.25, 0.3) is 0 Å². The highest BCUT2D eigenvalue weighted by Gasteiger charge is 2.62. The fourth-order valence-electron chi connectivity index (χ4n) is 3.27. The molecule has 2 atom stereocenters. The maximum absolute atomic E-state index is 13.9. The monoisotopic (exact) mass is 264 g/mol. The van der Waals surface area contributed by atoms with E-state index in [9.17, 15) is 8.78 Å². The molecule has 1 aromatic heterocycles. The Morgan fingerprint density at radius 2 is 2.22 bits per heavy atom. The van der Waals surface area contributed by atoms with Gasteiger partial charge in [-0.3, -0.25) is 0 Å². The lowest BCUT2D eigenvalue weighted by atomic mass is 9.94. The Morgan fingerprint density at radius 1 is 1.39 bits per heavy atom. The summed E-state index contributed by atoms with van der Waals surface area (Å²) in [5, 5.41) is 0. The van der Waals surface area contributed by atoms with Crippen molar-refractivity contribution in [2.24, 2.45) is 0 Å². The number of imidazole rings is 1. The molecule has 1 aromatic carbocycles. The van der Waals surface area contributed by atoms with E-state index in [1.165, 1.54) is 12.1 Å². The van der Waals surface area contributed by atoms with E-state index in [0.717, 1.165) is 18.2 Å². The van der Waals surface area contributed by atoms with E-state index in [4.69, 9.17) is 12.2 Å². The summed E-state index contributed by atoms with van der Waals surface area (Å²) in [7, 11) is 0. The second kappa shape index (κ2) is 3.09. The number of benzene rings is 1. The lowest BCUT2D eigenvalue weighted by Gasteiger charge is -2.14. The molecule has 1 N–H and O–H groups in total. The number of aromatic amines is 1. The van der Waals surface area contributed by atoms with E-state index in [-0.39, 0.29) is 23.0 Å². The van der Waals surface area contributed by atoms with E-state index in [2.05, 4.69) is 4.98 Å². The first-order valence-electron chi connectivity index (χ1n) is 5.85. The lowest BCUT2D eigenvalue weighted by Crippen LogP contribution is -2.14. The molecule has 0 spiro atoms. The summed E-state index contributed by atoms with van der Waals surface area (Å²) in [6, 6.07) is 3.70. The van der Waals surface area contributed by atoms with Crippen LogP contribution in [0.15, 0.2) is 24.4 Å². The average Bonchev–Trinajstić information content (AvgIpc) is 2.82. The molecule has 0 radical (unpaired) electrons. The predicted molar refractivity (Wildman–Crippen MR) is 65.0 cm³/mol. The van der Waals surface area contributed by atoms with Crippen LogP contribution < -0.4 is 0 Å².